The second-order valence-corrected chi connectivity index (χ2v) is 10.0. The first-order chi connectivity index (χ1) is 18.6. The molecule has 2 aliphatic rings. The largest absolute Gasteiger partial charge is 0.382 e. The molecule has 2 aromatic heterocycles. The van der Waals surface area contributed by atoms with Gasteiger partial charge in [0.25, 0.3) is 0 Å². The summed E-state index contributed by atoms with van der Waals surface area (Å²) in [5, 5.41) is 13.0. The molecule has 1 N–H and O–H groups in total. The Balaban J connectivity index is 1.39. The van der Waals surface area contributed by atoms with Crippen LogP contribution in [0.25, 0.3) is 28.2 Å². The third-order valence-electron chi connectivity index (χ3n) is 7.22. The molecule has 194 valence electrons. The molecule has 0 saturated carbocycles. The number of aliphatic hydroxyl groups is 1. The van der Waals surface area contributed by atoms with E-state index in [1.165, 1.54) is 6.33 Å². The first-order valence-corrected chi connectivity index (χ1v) is 13.3. The number of aromatic nitrogens is 4. The van der Waals surface area contributed by atoms with Gasteiger partial charge in [0.1, 0.15) is 24.6 Å². The maximum absolute atomic E-state index is 11.6. The van der Waals surface area contributed by atoms with E-state index < -0.39 is 6.10 Å². The minimum atomic E-state index is -1.03. The topological polar surface area (TPSA) is 87.5 Å². The molecule has 1 saturated heterocycles. The molecule has 1 fully saturated rings. The van der Waals surface area contributed by atoms with Crippen LogP contribution in [0.3, 0.4) is 0 Å². The fourth-order valence-electron chi connectivity index (χ4n) is 5.18. The molecule has 2 aromatic carbocycles. The van der Waals surface area contributed by atoms with Crippen LogP contribution in [-0.2, 0) is 4.74 Å². The number of nitrogens with zero attached hydrogens (tertiary/aromatic N) is 6. The van der Waals surface area contributed by atoms with Crippen LogP contribution in [0.1, 0.15) is 35.8 Å². The fourth-order valence-corrected chi connectivity index (χ4v) is 5.40. The predicted molar refractivity (Wildman–Crippen MR) is 151 cm³/mol. The van der Waals surface area contributed by atoms with Gasteiger partial charge in [0.05, 0.1) is 30.1 Å². The van der Waals surface area contributed by atoms with Gasteiger partial charge in [-0.05, 0) is 43.2 Å². The normalized spacial score (nSPS) is 16.7. The quantitative estimate of drug-likeness (QED) is 0.400. The van der Waals surface area contributed by atoms with Crippen LogP contribution in [0.15, 0.2) is 55.1 Å². The number of halogens is 1. The number of benzene rings is 2. The summed E-state index contributed by atoms with van der Waals surface area (Å²) in [4.78, 5) is 22.5. The van der Waals surface area contributed by atoms with Crippen LogP contribution >= 0.6 is 11.6 Å². The van der Waals surface area contributed by atoms with Gasteiger partial charge >= 0.3 is 0 Å². The number of allylic oxidation sites excluding steroid dienone is 1. The molecule has 1 unspecified atom stereocenters. The number of hydrogen-bond donors (Lipinski definition) is 1. The number of aliphatic hydroxyl groups excluding tert-OH is 1. The molecule has 0 bridgehead atoms. The Kier molecular flexibility index (Phi) is 6.93. The molecule has 4 aromatic rings. The lowest BCUT2D eigenvalue weighted by Crippen LogP contribution is -2.36. The summed E-state index contributed by atoms with van der Waals surface area (Å²) < 4.78 is 5.49. The maximum atomic E-state index is 11.6. The third-order valence-corrected chi connectivity index (χ3v) is 7.57. The molecule has 4 heterocycles. The van der Waals surface area contributed by atoms with Crippen molar-refractivity contribution in [2.24, 2.45) is 0 Å². The summed E-state index contributed by atoms with van der Waals surface area (Å²) in [7, 11) is 2.01. The molecule has 6 rings (SSSR count). The standard InChI is InChI=1S/C29H29ClN6O2/c1-35-10-4-2-3-5-22-27(33-18-34-29(22)35)28(37)23-15-19(6-9-24(23)30)26-21-8-7-20(16-25(21)31-17-32-26)36-11-13-38-14-12-36/h3,5-9,15-18,28,37H,2,4,10-14H2,1H3. The van der Waals surface area contributed by atoms with Gasteiger partial charge in [-0.25, -0.2) is 19.9 Å². The van der Waals surface area contributed by atoms with E-state index in [1.54, 1.807) is 12.4 Å². The Hall–Kier alpha value is -3.59. The average Bonchev–Trinajstić information content (AvgIpc) is 2.95. The van der Waals surface area contributed by atoms with Gasteiger partial charge in [-0.3, -0.25) is 0 Å². The Labute approximate surface area is 226 Å². The van der Waals surface area contributed by atoms with E-state index in [2.05, 4.69) is 54.0 Å². The van der Waals surface area contributed by atoms with Crippen LogP contribution in [0.5, 0.6) is 0 Å². The van der Waals surface area contributed by atoms with E-state index in [-0.39, 0.29) is 0 Å². The van der Waals surface area contributed by atoms with E-state index in [4.69, 9.17) is 16.3 Å². The molecular formula is C29H29ClN6O2. The van der Waals surface area contributed by atoms with E-state index in [0.29, 0.717) is 16.3 Å². The molecule has 0 amide bonds. The minimum absolute atomic E-state index is 0.463. The first kappa shape index (κ1) is 24.7. The SMILES string of the molecule is CN1CCCC=Cc2c(C(O)c3cc(-c4ncnc5cc(N6CCOCC6)ccc45)ccc3Cl)ncnc21. The lowest BCUT2D eigenvalue weighted by Gasteiger charge is -2.29. The second-order valence-electron chi connectivity index (χ2n) is 9.62. The highest BCUT2D eigenvalue weighted by atomic mass is 35.5. The lowest BCUT2D eigenvalue weighted by atomic mass is 9.97. The highest BCUT2D eigenvalue weighted by Gasteiger charge is 2.24. The smallest absolute Gasteiger partial charge is 0.139 e. The Morgan fingerprint density at radius 2 is 1.82 bits per heavy atom. The molecule has 2 aliphatic heterocycles. The maximum Gasteiger partial charge on any atom is 0.139 e. The zero-order chi connectivity index (χ0) is 26.1. The van der Waals surface area contributed by atoms with Crippen molar-refractivity contribution in [2.75, 3.05) is 49.7 Å². The highest BCUT2D eigenvalue weighted by Crippen LogP contribution is 2.37. The number of anilines is 2. The summed E-state index contributed by atoms with van der Waals surface area (Å²) in [5.74, 6) is 0.801. The third kappa shape index (κ3) is 4.71. The van der Waals surface area contributed by atoms with Crippen molar-refractivity contribution in [2.45, 2.75) is 18.9 Å². The Bertz CT molecular complexity index is 1500. The van der Waals surface area contributed by atoms with E-state index in [1.807, 2.05) is 25.3 Å². The van der Waals surface area contributed by atoms with Crippen molar-refractivity contribution in [1.29, 1.82) is 0 Å². The number of rotatable bonds is 4. The zero-order valence-corrected chi connectivity index (χ0v) is 22.0. The molecule has 38 heavy (non-hydrogen) atoms. The summed E-state index contributed by atoms with van der Waals surface area (Å²) >= 11 is 6.64. The number of fused-ring (bicyclic) bond motifs is 2. The van der Waals surface area contributed by atoms with Gasteiger partial charge in [-0.2, -0.15) is 0 Å². The monoisotopic (exact) mass is 528 g/mol. The fraction of sp³-hybridized carbons (Fsp3) is 0.310. The average molecular weight is 529 g/mol. The van der Waals surface area contributed by atoms with E-state index in [0.717, 1.165) is 84.9 Å². The molecule has 8 nitrogen and oxygen atoms in total. The van der Waals surface area contributed by atoms with Gasteiger partial charge in [0.2, 0.25) is 0 Å². The van der Waals surface area contributed by atoms with Crippen molar-refractivity contribution in [1.82, 2.24) is 19.9 Å². The molecule has 1 atom stereocenters. The molecule has 0 radical (unpaired) electrons. The van der Waals surface area contributed by atoms with Crippen LogP contribution < -0.4 is 9.80 Å². The zero-order valence-electron chi connectivity index (χ0n) is 21.2. The second kappa shape index (κ2) is 10.6. The molecule has 0 aliphatic carbocycles. The van der Waals surface area contributed by atoms with Crippen molar-refractivity contribution in [3.05, 3.63) is 77.0 Å². The Morgan fingerprint density at radius 3 is 2.68 bits per heavy atom. The highest BCUT2D eigenvalue weighted by molar-refractivity contribution is 6.31. The van der Waals surface area contributed by atoms with Crippen LogP contribution in [0.2, 0.25) is 5.02 Å². The van der Waals surface area contributed by atoms with Crippen molar-refractivity contribution in [3.63, 3.8) is 0 Å². The van der Waals surface area contributed by atoms with Gasteiger partial charge in [-0.1, -0.05) is 29.8 Å². The van der Waals surface area contributed by atoms with Gasteiger partial charge in [0, 0.05) is 59.5 Å². The van der Waals surface area contributed by atoms with E-state index in [9.17, 15) is 5.11 Å². The Morgan fingerprint density at radius 1 is 0.974 bits per heavy atom. The first-order valence-electron chi connectivity index (χ1n) is 12.9. The van der Waals surface area contributed by atoms with Gasteiger partial charge in [0.15, 0.2) is 0 Å². The summed E-state index contributed by atoms with van der Waals surface area (Å²) in [6.45, 7) is 4.06. The van der Waals surface area contributed by atoms with Crippen LogP contribution in [0, 0.1) is 0 Å². The predicted octanol–water partition coefficient (Wildman–Crippen LogP) is 4.90. The number of ether oxygens (including phenoxy) is 1. The van der Waals surface area contributed by atoms with Crippen molar-refractivity contribution < 1.29 is 9.84 Å². The van der Waals surface area contributed by atoms with Crippen molar-refractivity contribution >= 4 is 40.1 Å². The minimum Gasteiger partial charge on any atom is -0.382 e. The lowest BCUT2D eigenvalue weighted by molar-refractivity contribution is 0.122. The van der Waals surface area contributed by atoms with Crippen molar-refractivity contribution in [3.8, 4) is 11.3 Å². The van der Waals surface area contributed by atoms with Gasteiger partial charge < -0.3 is 19.6 Å². The molecular weight excluding hydrogens is 500 g/mol. The summed E-state index contributed by atoms with van der Waals surface area (Å²) in [5.41, 5.74) is 5.52. The molecule has 0 spiro atoms. The van der Waals surface area contributed by atoms with E-state index >= 15 is 0 Å². The number of morpholine rings is 1. The number of hydrogen-bond acceptors (Lipinski definition) is 8. The van der Waals surface area contributed by atoms with Crippen LogP contribution in [0.4, 0.5) is 11.5 Å². The summed E-state index contributed by atoms with van der Waals surface area (Å²) in [6, 6.07) is 11.9. The molecule has 9 heteroatoms. The summed E-state index contributed by atoms with van der Waals surface area (Å²) in [6.07, 6.45) is 8.18. The van der Waals surface area contributed by atoms with Gasteiger partial charge in [-0.15, -0.1) is 0 Å². The van der Waals surface area contributed by atoms with Crippen LogP contribution in [-0.4, -0.2) is 64.9 Å².